The molecule has 0 unspecified atom stereocenters. The molecule has 8 heteroatoms. The molecule has 1 saturated heterocycles. The van der Waals surface area contributed by atoms with Gasteiger partial charge in [0.25, 0.3) is 5.91 Å². The number of likely N-dealkylation sites (N-methyl/N-ethyl adjacent to an activating group) is 1. The van der Waals surface area contributed by atoms with Crippen molar-refractivity contribution < 1.29 is 14.4 Å². The monoisotopic (exact) mass is 366 g/mol. The van der Waals surface area contributed by atoms with Crippen LogP contribution in [0.3, 0.4) is 0 Å². The van der Waals surface area contributed by atoms with Crippen molar-refractivity contribution in [2.75, 3.05) is 45.8 Å². The zero-order valence-corrected chi connectivity index (χ0v) is 15.4. The average molecular weight is 366 g/mol. The molecule has 2 N–H and O–H groups in total. The molecule has 0 radical (unpaired) electrons. The van der Waals surface area contributed by atoms with Crippen LogP contribution >= 0.6 is 11.3 Å². The summed E-state index contributed by atoms with van der Waals surface area (Å²) in [5.41, 5.74) is 0. The van der Waals surface area contributed by atoms with Crippen LogP contribution in [-0.4, -0.2) is 73.3 Å². The Hall–Kier alpha value is -1.93. The van der Waals surface area contributed by atoms with Crippen molar-refractivity contribution in [3.05, 3.63) is 22.4 Å². The zero-order valence-electron chi connectivity index (χ0n) is 14.6. The minimum Gasteiger partial charge on any atom is -0.355 e. The highest BCUT2D eigenvalue weighted by Crippen LogP contribution is 2.08. The highest BCUT2D eigenvalue weighted by molar-refractivity contribution is 7.12. The number of hydrogen-bond donors (Lipinski definition) is 2. The van der Waals surface area contributed by atoms with Crippen LogP contribution in [0.15, 0.2) is 17.5 Å². The number of piperazine rings is 1. The molecule has 1 aliphatic rings. The number of nitrogens with one attached hydrogen (secondary N) is 2. The number of carbonyl (C=O) groups is 3. The van der Waals surface area contributed by atoms with Crippen LogP contribution in [0.1, 0.15) is 29.4 Å². The van der Waals surface area contributed by atoms with Crippen LogP contribution < -0.4 is 10.6 Å². The van der Waals surface area contributed by atoms with Crippen molar-refractivity contribution in [2.45, 2.75) is 19.8 Å². The molecular weight excluding hydrogens is 340 g/mol. The Morgan fingerprint density at radius 1 is 1.16 bits per heavy atom. The van der Waals surface area contributed by atoms with E-state index in [1.807, 2.05) is 23.3 Å². The van der Waals surface area contributed by atoms with Gasteiger partial charge >= 0.3 is 0 Å². The quantitative estimate of drug-likeness (QED) is 0.658. The van der Waals surface area contributed by atoms with Gasteiger partial charge < -0.3 is 15.5 Å². The fourth-order valence-corrected chi connectivity index (χ4v) is 3.35. The van der Waals surface area contributed by atoms with Gasteiger partial charge in [-0.05, 0) is 24.8 Å². The van der Waals surface area contributed by atoms with Crippen LogP contribution in [0, 0.1) is 0 Å². The lowest BCUT2D eigenvalue weighted by molar-refractivity contribution is -0.133. The minimum atomic E-state index is -0.0820. The van der Waals surface area contributed by atoms with Crippen molar-refractivity contribution in [2.24, 2.45) is 0 Å². The van der Waals surface area contributed by atoms with Gasteiger partial charge in [-0.25, -0.2) is 0 Å². The lowest BCUT2D eigenvalue weighted by atomic mass is 10.2. The maximum atomic E-state index is 12.2. The molecule has 2 heterocycles. The summed E-state index contributed by atoms with van der Waals surface area (Å²) >= 11 is 1.41. The molecule has 1 aromatic rings. The van der Waals surface area contributed by atoms with Gasteiger partial charge in [0.1, 0.15) is 0 Å². The first-order valence-electron chi connectivity index (χ1n) is 8.68. The third-order valence-corrected chi connectivity index (χ3v) is 4.93. The topological polar surface area (TPSA) is 81.8 Å². The Morgan fingerprint density at radius 2 is 1.92 bits per heavy atom. The van der Waals surface area contributed by atoms with Crippen LogP contribution in [0.4, 0.5) is 0 Å². The molecule has 25 heavy (non-hydrogen) atoms. The van der Waals surface area contributed by atoms with Gasteiger partial charge in [-0.2, -0.15) is 0 Å². The van der Waals surface area contributed by atoms with Crippen LogP contribution in [0.25, 0.3) is 0 Å². The smallest absolute Gasteiger partial charge is 0.261 e. The number of amides is 3. The summed E-state index contributed by atoms with van der Waals surface area (Å²) in [7, 11) is 0. The van der Waals surface area contributed by atoms with Gasteiger partial charge in [0.15, 0.2) is 0 Å². The van der Waals surface area contributed by atoms with Crippen LogP contribution in [-0.2, 0) is 9.59 Å². The van der Waals surface area contributed by atoms with E-state index < -0.39 is 0 Å². The second kappa shape index (κ2) is 10.1. The molecule has 2 rings (SSSR count). The molecule has 138 valence electrons. The van der Waals surface area contributed by atoms with E-state index in [4.69, 9.17) is 0 Å². The van der Waals surface area contributed by atoms with Gasteiger partial charge in [0.05, 0.1) is 11.4 Å². The van der Waals surface area contributed by atoms with Crippen molar-refractivity contribution in [3.63, 3.8) is 0 Å². The Morgan fingerprint density at radius 3 is 2.56 bits per heavy atom. The number of rotatable bonds is 8. The number of hydrogen-bond acceptors (Lipinski definition) is 5. The first-order chi connectivity index (χ1) is 12.1. The van der Waals surface area contributed by atoms with E-state index in [1.165, 1.54) is 11.3 Å². The maximum absolute atomic E-state index is 12.2. The SMILES string of the molecule is CCNC(=O)CN1CCN(C(=O)CCCNC(=O)c2cccs2)CC1. The number of carbonyl (C=O) groups excluding carboxylic acids is 3. The highest BCUT2D eigenvalue weighted by atomic mass is 32.1. The molecule has 1 aliphatic heterocycles. The lowest BCUT2D eigenvalue weighted by Gasteiger charge is -2.34. The fourth-order valence-electron chi connectivity index (χ4n) is 2.71. The van der Waals surface area contributed by atoms with Gasteiger partial charge in [-0.1, -0.05) is 6.07 Å². The summed E-state index contributed by atoms with van der Waals surface area (Å²) < 4.78 is 0. The predicted molar refractivity (Wildman–Crippen MR) is 97.6 cm³/mol. The minimum absolute atomic E-state index is 0.0313. The molecule has 0 bridgehead atoms. The summed E-state index contributed by atoms with van der Waals surface area (Å²) in [6.07, 6.45) is 1.07. The molecule has 7 nitrogen and oxygen atoms in total. The van der Waals surface area contributed by atoms with Gasteiger partial charge in [-0.3, -0.25) is 19.3 Å². The normalized spacial score (nSPS) is 15.0. The Kier molecular flexibility index (Phi) is 7.87. The van der Waals surface area contributed by atoms with Gasteiger partial charge in [0.2, 0.25) is 11.8 Å². The second-order valence-corrected chi connectivity index (χ2v) is 6.89. The molecular formula is C17H26N4O3S. The first kappa shape index (κ1) is 19.4. The zero-order chi connectivity index (χ0) is 18.1. The van der Waals surface area contributed by atoms with Gasteiger partial charge in [-0.15, -0.1) is 11.3 Å². The standard InChI is InChI=1S/C17H26N4O3S/c1-2-18-15(22)13-20-8-10-21(11-9-20)16(23)6-3-7-19-17(24)14-5-4-12-25-14/h4-5,12H,2-3,6-11,13H2,1H3,(H,18,22)(H,19,24). The van der Waals surface area contributed by atoms with Crippen molar-refractivity contribution in [3.8, 4) is 0 Å². The van der Waals surface area contributed by atoms with Crippen LogP contribution in [0.2, 0.25) is 0 Å². The van der Waals surface area contributed by atoms with E-state index in [9.17, 15) is 14.4 Å². The summed E-state index contributed by atoms with van der Waals surface area (Å²) in [5, 5.41) is 7.48. The Balaban J connectivity index is 1.59. The molecule has 1 fully saturated rings. The Labute approximate surface area is 152 Å². The van der Waals surface area contributed by atoms with Crippen molar-refractivity contribution >= 4 is 29.1 Å². The van der Waals surface area contributed by atoms with E-state index >= 15 is 0 Å². The average Bonchev–Trinajstić information content (AvgIpc) is 3.14. The summed E-state index contributed by atoms with van der Waals surface area (Å²) in [6, 6.07) is 3.63. The predicted octanol–water partition coefficient (Wildman–Crippen LogP) is 0.538. The van der Waals surface area contributed by atoms with E-state index in [0.29, 0.717) is 50.4 Å². The number of nitrogens with zero attached hydrogens (tertiary/aromatic N) is 2. The maximum Gasteiger partial charge on any atom is 0.261 e. The summed E-state index contributed by atoms with van der Waals surface area (Å²) in [5.74, 6) is 0.0632. The van der Waals surface area contributed by atoms with E-state index in [2.05, 4.69) is 15.5 Å². The first-order valence-corrected chi connectivity index (χ1v) is 9.56. The lowest BCUT2D eigenvalue weighted by Crippen LogP contribution is -2.51. The largest absolute Gasteiger partial charge is 0.355 e. The second-order valence-electron chi connectivity index (χ2n) is 5.95. The molecule has 0 spiro atoms. The van der Waals surface area contributed by atoms with Crippen LogP contribution in [0.5, 0.6) is 0 Å². The molecule has 0 atom stereocenters. The van der Waals surface area contributed by atoms with E-state index in [1.54, 1.807) is 6.07 Å². The fraction of sp³-hybridized carbons (Fsp3) is 0.588. The molecule has 0 aromatic carbocycles. The third kappa shape index (κ3) is 6.47. The molecule has 1 aromatic heterocycles. The third-order valence-electron chi connectivity index (χ3n) is 4.06. The van der Waals surface area contributed by atoms with Crippen molar-refractivity contribution in [1.29, 1.82) is 0 Å². The molecule has 3 amide bonds. The summed E-state index contributed by atoms with van der Waals surface area (Å²) in [4.78, 5) is 40.2. The van der Waals surface area contributed by atoms with E-state index in [-0.39, 0.29) is 17.7 Å². The summed E-state index contributed by atoms with van der Waals surface area (Å²) in [6.45, 7) is 6.18. The van der Waals surface area contributed by atoms with E-state index in [0.717, 1.165) is 13.1 Å². The number of thiophene rings is 1. The highest BCUT2D eigenvalue weighted by Gasteiger charge is 2.21. The molecule has 0 aliphatic carbocycles. The Bertz CT molecular complexity index is 568. The van der Waals surface area contributed by atoms with Crippen molar-refractivity contribution in [1.82, 2.24) is 20.4 Å². The van der Waals surface area contributed by atoms with Gasteiger partial charge in [0, 0.05) is 45.7 Å². The molecule has 0 saturated carbocycles.